The molecule has 0 saturated heterocycles. The molecule has 0 saturated carbocycles. The third-order valence-electron chi connectivity index (χ3n) is 3.07. The Kier molecular flexibility index (Phi) is 5.20. The smallest absolute Gasteiger partial charge is 0.387 e. The lowest BCUT2D eigenvalue weighted by Crippen LogP contribution is -2.06. The average molecular weight is 326 g/mol. The molecule has 2 rings (SSSR count). The van der Waals surface area contributed by atoms with Crippen LogP contribution in [-0.4, -0.2) is 19.7 Å². The van der Waals surface area contributed by atoms with Gasteiger partial charge in [-0.1, -0.05) is 6.07 Å². The van der Waals surface area contributed by atoms with Crippen LogP contribution in [0, 0.1) is 13.8 Å². The number of hydrogen-bond donors (Lipinski definition) is 0. The number of carbonyl (C=O) groups is 1. The van der Waals surface area contributed by atoms with Crippen molar-refractivity contribution in [1.82, 2.24) is 0 Å². The zero-order valence-corrected chi connectivity index (χ0v) is 12.9. The van der Waals surface area contributed by atoms with Crippen LogP contribution < -0.4 is 9.47 Å². The van der Waals surface area contributed by atoms with Gasteiger partial charge >= 0.3 is 12.6 Å². The fourth-order valence-corrected chi connectivity index (χ4v) is 2.06. The van der Waals surface area contributed by atoms with Gasteiger partial charge in [0.15, 0.2) is 11.5 Å². The monoisotopic (exact) mass is 326 g/mol. The first-order chi connectivity index (χ1) is 10.9. The van der Waals surface area contributed by atoms with Crippen LogP contribution in [0.15, 0.2) is 28.7 Å². The average Bonchev–Trinajstić information content (AvgIpc) is 2.84. The van der Waals surface area contributed by atoms with Crippen LogP contribution in [0.5, 0.6) is 11.5 Å². The van der Waals surface area contributed by atoms with Crippen molar-refractivity contribution < 1.29 is 32.2 Å². The summed E-state index contributed by atoms with van der Waals surface area (Å²) in [6, 6.07) is 5.92. The highest BCUT2D eigenvalue weighted by Crippen LogP contribution is 2.29. The van der Waals surface area contributed by atoms with Crippen LogP contribution >= 0.6 is 0 Å². The first kappa shape index (κ1) is 16.8. The molecule has 2 aromatic rings. The minimum absolute atomic E-state index is 0.0339. The van der Waals surface area contributed by atoms with Crippen LogP contribution in [0.4, 0.5) is 8.78 Å². The molecule has 0 spiro atoms. The number of halogens is 2. The lowest BCUT2D eigenvalue weighted by Gasteiger charge is -2.11. The van der Waals surface area contributed by atoms with Crippen LogP contribution in [0.3, 0.4) is 0 Å². The van der Waals surface area contributed by atoms with Gasteiger partial charge in [-0.3, -0.25) is 0 Å². The Bertz CT molecular complexity index is 694. The van der Waals surface area contributed by atoms with Gasteiger partial charge in [0.05, 0.1) is 7.11 Å². The molecule has 5 nitrogen and oxygen atoms in total. The molecule has 0 fully saturated rings. The van der Waals surface area contributed by atoms with E-state index >= 15 is 0 Å². The first-order valence-corrected chi connectivity index (χ1v) is 6.76. The fraction of sp³-hybridized carbons (Fsp3) is 0.312. The van der Waals surface area contributed by atoms with Gasteiger partial charge in [-0.25, -0.2) is 4.79 Å². The Labute approximate surface area is 131 Å². The molecule has 1 aromatic carbocycles. The number of hydrogen-bond acceptors (Lipinski definition) is 5. The van der Waals surface area contributed by atoms with Crippen molar-refractivity contribution in [2.24, 2.45) is 0 Å². The minimum atomic E-state index is -2.94. The molecular formula is C16H16F2O5. The van der Waals surface area contributed by atoms with Crippen molar-refractivity contribution in [3.05, 3.63) is 46.9 Å². The second-order valence-corrected chi connectivity index (χ2v) is 4.77. The van der Waals surface area contributed by atoms with E-state index in [4.69, 9.17) is 13.9 Å². The van der Waals surface area contributed by atoms with Gasteiger partial charge in [-0.05, 0) is 37.6 Å². The number of benzene rings is 1. The molecule has 0 amide bonds. The van der Waals surface area contributed by atoms with Crippen molar-refractivity contribution >= 4 is 5.97 Å². The van der Waals surface area contributed by atoms with Crippen LogP contribution in [0.25, 0.3) is 0 Å². The van der Waals surface area contributed by atoms with E-state index in [-0.39, 0.29) is 18.1 Å². The molecule has 0 bridgehead atoms. The highest BCUT2D eigenvalue weighted by molar-refractivity contribution is 5.90. The molecule has 0 N–H and O–H groups in total. The summed E-state index contributed by atoms with van der Waals surface area (Å²) >= 11 is 0. The number of aryl methyl sites for hydroxylation is 2. The maximum absolute atomic E-state index is 12.3. The summed E-state index contributed by atoms with van der Waals surface area (Å²) in [7, 11) is 1.33. The predicted octanol–water partition coefficient (Wildman–Crippen LogP) is 3.86. The van der Waals surface area contributed by atoms with E-state index in [9.17, 15) is 13.6 Å². The van der Waals surface area contributed by atoms with Crippen molar-refractivity contribution in [2.75, 3.05) is 7.11 Å². The Morgan fingerprint density at radius 1 is 1.22 bits per heavy atom. The standard InChI is InChI=1S/C16H16F2O5/c1-9-6-12(10(2)22-9)15(19)21-8-11-4-5-13(23-16(17)18)14(7-11)20-3/h4-7,16H,8H2,1-3H3. The SMILES string of the molecule is COc1cc(COC(=O)c2cc(C)oc2C)ccc1OC(F)F. The van der Waals surface area contributed by atoms with Crippen LogP contribution in [0.2, 0.25) is 0 Å². The summed E-state index contributed by atoms with van der Waals surface area (Å²) in [6.07, 6.45) is 0. The number of alkyl halides is 2. The number of furan rings is 1. The Morgan fingerprint density at radius 2 is 1.96 bits per heavy atom. The lowest BCUT2D eigenvalue weighted by atomic mass is 10.2. The molecule has 0 atom stereocenters. The van der Waals surface area contributed by atoms with Gasteiger partial charge in [0.1, 0.15) is 23.7 Å². The van der Waals surface area contributed by atoms with E-state index in [1.807, 2.05) is 0 Å². The predicted molar refractivity (Wildman–Crippen MR) is 76.9 cm³/mol. The molecule has 1 heterocycles. The van der Waals surface area contributed by atoms with E-state index in [1.165, 1.54) is 25.3 Å². The molecule has 1 aromatic heterocycles. The van der Waals surface area contributed by atoms with Crippen molar-refractivity contribution in [1.29, 1.82) is 0 Å². The van der Waals surface area contributed by atoms with E-state index in [0.29, 0.717) is 22.6 Å². The number of methoxy groups -OCH3 is 1. The third-order valence-corrected chi connectivity index (χ3v) is 3.07. The maximum Gasteiger partial charge on any atom is 0.387 e. The minimum Gasteiger partial charge on any atom is -0.493 e. The number of esters is 1. The molecule has 0 unspecified atom stereocenters. The molecule has 0 radical (unpaired) electrons. The molecule has 0 aliphatic rings. The van der Waals surface area contributed by atoms with Gasteiger partial charge in [-0.15, -0.1) is 0 Å². The molecule has 23 heavy (non-hydrogen) atoms. The summed E-state index contributed by atoms with van der Waals surface area (Å²) in [6.45, 7) is 0.424. The maximum atomic E-state index is 12.3. The Balaban J connectivity index is 2.05. The first-order valence-electron chi connectivity index (χ1n) is 6.76. The van der Waals surface area contributed by atoms with Crippen molar-refractivity contribution in [3.63, 3.8) is 0 Å². The number of carbonyl (C=O) groups excluding carboxylic acids is 1. The molecule has 7 heteroatoms. The zero-order valence-electron chi connectivity index (χ0n) is 12.9. The Morgan fingerprint density at radius 3 is 2.52 bits per heavy atom. The molecule has 0 aliphatic carbocycles. The molecule has 0 aliphatic heterocycles. The van der Waals surface area contributed by atoms with Crippen molar-refractivity contribution in [2.45, 2.75) is 27.1 Å². The topological polar surface area (TPSA) is 57.9 Å². The van der Waals surface area contributed by atoms with Gasteiger partial charge in [0.2, 0.25) is 0 Å². The number of ether oxygens (including phenoxy) is 3. The highest BCUT2D eigenvalue weighted by atomic mass is 19.3. The third kappa shape index (κ3) is 4.21. The molecular weight excluding hydrogens is 310 g/mol. The fourth-order valence-electron chi connectivity index (χ4n) is 2.06. The van der Waals surface area contributed by atoms with Gasteiger partial charge in [0.25, 0.3) is 0 Å². The quantitative estimate of drug-likeness (QED) is 0.754. The molecule has 124 valence electrons. The van der Waals surface area contributed by atoms with E-state index in [2.05, 4.69) is 4.74 Å². The summed E-state index contributed by atoms with van der Waals surface area (Å²) in [5.74, 6) is 0.620. The normalized spacial score (nSPS) is 10.7. The largest absolute Gasteiger partial charge is 0.493 e. The van der Waals surface area contributed by atoms with E-state index in [0.717, 1.165) is 0 Å². The van der Waals surface area contributed by atoms with Gasteiger partial charge in [-0.2, -0.15) is 8.78 Å². The van der Waals surface area contributed by atoms with Gasteiger partial charge < -0.3 is 18.6 Å². The summed E-state index contributed by atoms with van der Waals surface area (Å²) in [4.78, 5) is 12.0. The Hall–Kier alpha value is -2.57. The van der Waals surface area contributed by atoms with Crippen LogP contribution in [-0.2, 0) is 11.3 Å². The number of rotatable bonds is 6. The second kappa shape index (κ2) is 7.13. The lowest BCUT2D eigenvalue weighted by molar-refractivity contribution is -0.0512. The summed E-state index contributed by atoms with van der Waals surface area (Å²) in [5.41, 5.74) is 0.932. The van der Waals surface area contributed by atoms with E-state index in [1.54, 1.807) is 19.9 Å². The van der Waals surface area contributed by atoms with Crippen molar-refractivity contribution in [3.8, 4) is 11.5 Å². The van der Waals surface area contributed by atoms with Gasteiger partial charge in [0, 0.05) is 0 Å². The summed E-state index contributed by atoms with van der Waals surface area (Å²) < 4.78 is 44.3. The van der Waals surface area contributed by atoms with E-state index < -0.39 is 12.6 Å². The zero-order chi connectivity index (χ0) is 17.0. The van der Waals surface area contributed by atoms with Crippen LogP contribution in [0.1, 0.15) is 27.4 Å². The second-order valence-electron chi connectivity index (χ2n) is 4.77. The summed E-state index contributed by atoms with van der Waals surface area (Å²) in [5, 5.41) is 0. The highest BCUT2D eigenvalue weighted by Gasteiger charge is 2.16.